The van der Waals surface area contributed by atoms with Crippen molar-refractivity contribution in [3.8, 4) is 0 Å². The molecule has 0 aromatic heterocycles. The van der Waals surface area contributed by atoms with Crippen molar-refractivity contribution in [1.29, 1.82) is 0 Å². The van der Waals surface area contributed by atoms with Crippen molar-refractivity contribution in [3.05, 3.63) is 11.6 Å². The van der Waals surface area contributed by atoms with Gasteiger partial charge in [-0.05, 0) is 42.9 Å². The molecule has 1 aliphatic heterocycles. The lowest BCUT2D eigenvalue weighted by molar-refractivity contribution is -0.0113. The van der Waals surface area contributed by atoms with Crippen molar-refractivity contribution < 1.29 is 9.90 Å². The maximum Gasteiger partial charge on any atom is 0.404 e. The molecule has 0 aromatic rings. The summed E-state index contributed by atoms with van der Waals surface area (Å²) >= 11 is 0. The van der Waals surface area contributed by atoms with Gasteiger partial charge in [0.25, 0.3) is 0 Å². The zero-order valence-electron chi connectivity index (χ0n) is 12.6. The lowest BCUT2D eigenvalue weighted by atomic mass is 9.49. The molecule has 4 nitrogen and oxygen atoms in total. The molecule has 2 N–H and O–H groups in total. The van der Waals surface area contributed by atoms with E-state index in [1.165, 1.54) is 12.8 Å². The average molecular weight is 278 g/mol. The van der Waals surface area contributed by atoms with Gasteiger partial charge in [-0.2, -0.15) is 0 Å². The van der Waals surface area contributed by atoms with Gasteiger partial charge in [-0.25, -0.2) is 4.79 Å². The van der Waals surface area contributed by atoms with Crippen molar-refractivity contribution >= 4 is 6.09 Å². The molecule has 0 aromatic carbocycles. The highest BCUT2D eigenvalue weighted by Crippen LogP contribution is 2.59. The Hall–Kier alpha value is -1.03. The molecule has 112 valence electrons. The third-order valence-electron chi connectivity index (χ3n) is 5.90. The van der Waals surface area contributed by atoms with Crippen molar-refractivity contribution in [2.24, 2.45) is 17.3 Å². The molecule has 2 fully saturated rings. The summed E-state index contributed by atoms with van der Waals surface area (Å²) in [7, 11) is 0. The smallest absolute Gasteiger partial charge is 0.404 e. The molecular weight excluding hydrogens is 252 g/mol. The molecule has 2 unspecified atom stereocenters. The van der Waals surface area contributed by atoms with Crippen molar-refractivity contribution in [2.75, 3.05) is 19.6 Å². The highest BCUT2D eigenvalue weighted by atomic mass is 16.4. The van der Waals surface area contributed by atoms with Crippen LogP contribution in [0, 0.1) is 17.3 Å². The molecule has 3 aliphatic carbocycles. The first-order valence-electron chi connectivity index (χ1n) is 7.87. The van der Waals surface area contributed by atoms with E-state index in [1.54, 1.807) is 5.57 Å². The standard InChI is InChI=1S/C16H26N2O2/c1-16(2)12-4-3-11(14(16)9-12)10-18-7-5-13(6-8-18)17-15(19)20/h3,12-14,17H,4-10H2,1-2H3,(H,19,20). The zero-order chi connectivity index (χ0) is 14.3. The van der Waals surface area contributed by atoms with Gasteiger partial charge in [0.1, 0.15) is 0 Å². The van der Waals surface area contributed by atoms with Gasteiger partial charge in [-0.3, -0.25) is 4.90 Å². The molecule has 2 atom stereocenters. The lowest BCUT2D eigenvalue weighted by Crippen LogP contribution is -2.51. The largest absolute Gasteiger partial charge is 0.465 e. The van der Waals surface area contributed by atoms with E-state index in [0.29, 0.717) is 5.41 Å². The molecule has 1 saturated heterocycles. The van der Waals surface area contributed by atoms with Gasteiger partial charge >= 0.3 is 6.09 Å². The molecule has 4 aliphatic rings. The Morgan fingerprint density at radius 3 is 2.70 bits per heavy atom. The summed E-state index contributed by atoms with van der Waals surface area (Å²) in [6.07, 6.45) is 6.12. The molecule has 1 heterocycles. The van der Waals surface area contributed by atoms with Crippen LogP contribution in [0.5, 0.6) is 0 Å². The third-order valence-corrected chi connectivity index (χ3v) is 5.90. The van der Waals surface area contributed by atoms with Crippen LogP contribution in [0.15, 0.2) is 11.6 Å². The first-order chi connectivity index (χ1) is 9.46. The number of nitrogens with zero attached hydrogens (tertiary/aromatic N) is 1. The van der Waals surface area contributed by atoms with Crippen molar-refractivity contribution in [3.63, 3.8) is 0 Å². The third kappa shape index (κ3) is 2.46. The summed E-state index contributed by atoms with van der Waals surface area (Å²) in [6, 6.07) is 0.147. The van der Waals surface area contributed by atoms with E-state index in [4.69, 9.17) is 5.11 Å². The fourth-order valence-corrected chi connectivity index (χ4v) is 4.32. The highest BCUT2D eigenvalue weighted by molar-refractivity contribution is 5.64. The number of carbonyl (C=O) groups is 1. The number of hydrogen-bond donors (Lipinski definition) is 2. The fourth-order valence-electron chi connectivity index (χ4n) is 4.32. The van der Waals surface area contributed by atoms with Crippen LogP contribution >= 0.6 is 0 Å². The number of fused-ring (bicyclic) bond motifs is 1. The van der Waals surface area contributed by atoms with Crippen LogP contribution in [0.1, 0.15) is 39.5 Å². The van der Waals surface area contributed by atoms with E-state index >= 15 is 0 Å². The average Bonchev–Trinajstić information content (AvgIpc) is 2.40. The monoisotopic (exact) mass is 278 g/mol. The van der Waals surface area contributed by atoms with Gasteiger partial charge in [0.05, 0.1) is 0 Å². The van der Waals surface area contributed by atoms with Gasteiger partial charge in [0.2, 0.25) is 0 Å². The summed E-state index contributed by atoms with van der Waals surface area (Å²) in [5.41, 5.74) is 2.15. The molecule has 2 bridgehead atoms. The second-order valence-electron chi connectivity index (χ2n) is 7.32. The first-order valence-corrected chi connectivity index (χ1v) is 7.87. The van der Waals surface area contributed by atoms with Gasteiger partial charge in [-0.15, -0.1) is 0 Å². The van der Waals surface area contributed by atoms with Crippen LogP contribution in [-0.4, -0.2) is 41.8 Å². The molecule has 4 rings (SSSR count). The summed E-state index contributed by atoms with van der Waals surface area (Å²) in [5, 5.41) is 11.4. The Kier molecular flexibility index (Phi) is 3.53. The van der Waals surface area contributed by atoms with E-state index in [1.807, 2.05) is 0 Å². The fraction of sp³-hybridized carbons (Fsp3) is 0.812. The van der Waals surface area contributed by atoms with Crippen LogP contribution in [0.4, 0.5) is 4.79 Å². The molecule has 0 spiro atoms. The normalized spacial score (nSPS) is 33.2. The summed E-state index contributed by atoms with van der Waals surface area (Å²) in [6.45, 7) is 7.96. The van der Waals surface area contributed by atoms with Crippen LogP contribution in [-0.2, 0) is 0 Å². The van der Waals surface area contributed by atoms with Crippen LogP contribution in [0.3, 0.4) is 0 Å². The minimum Gasteiger partial charge on any atom is -0.465 e. The minimum absolute atomic E-state index is 0.147. The first kappa shape index (κ1) is 13.9. The predicted octanol–water partition coefficient (Wildman–Crippen LogP) is 2.71. The zero-order valence-corrected chi connectivity index (χ0v) is 12.6. The van der Waals surface area contributed by atoms with Crippen molar-refractivity contribution in [1.82, 2.24) is 10.2 Å². The van der Waals surface area contributed by atoms with Crippen LogP contribution in [0.2, 0.25) is 0 Å². The summed E-state index contributed by atoms with van der Waals surface area (Å²) in [4.78, 5) is 13.2. The number of likely N-dealkylation sites (tertiary alicyclic amines) is 1. The second kappa shape index (κ2) is 5.06. The molecule has 20 heavy (non-hydrogen) atoms. The minimum atomic E-state index is -0.888. The maximum atomic E-state index is 10.7. The number of carboxylic acid groups (broad SMARTS) is 1. The Balaban J connectivity index is 1.51. The molecule has 4 heteroatoms. The second-order valence-corrected chi connectivity index (χ2v) is 7.32. The van der Waals surface area contributed by atoms with Crippen LogP contribution in [0.25, 0.3) is 0 Å². The maximum absolute atomic E-state index is 10.7. The van der Waals surface area contributed by atoms with Gasteiger partial charge in [-0.1, -0.05) is 25.5 Å². The van der Waals surface area contributed by atoms with Crippen LogP contribution < -0.4 is 5.32 Å². The van der Waals surface area contributed by atoms with E-state index in [9.17, 15) is 4.79 Å². The molecule has 0 radical (unpaired) electrons. The molecular formula is C16H26N2O2. The molecule has 1 amide bonds. The number of nitrogens with one attached hydrogen (secondary N) is 1. The number of piperidine rings is 1. The number of hydrogen-bond acceptors (Lipinski definition) is 2. The summed E-state index contributed by atoms with van der Waals surface area (Å²) < 4.78 is 0. The van der Waals surface area contributed by atoms with Gasteiger partial charge < -0.3 is 10.4 Å². The number of amides is 1. The van der Waals surface area contributed by atoms with Gasteiger partial charge in [0.15, 0.2) is 0 Å². The van der Waals surface area contributed by atoms with E-state index < -0.39 is 6.09 Å². The lowest BCUT2D eigenvalue weighted by Gasteiger charge is -2.57. The molecule has 1 saturated carbocycles. The number of allylic oxidation sites excluding steroid dienone is 1. The van der Waals surface area contributed by atoms with Crippen molar-refractivity contribution in [2.45, 2.75) is 45.6 Å². The summed E-state index contributed by atoms with van der Waals surface area (Å²) in [5.74, 6) is 1.69. The van der Waals surface area contributed by atoms with E-state index in [-0.39, 0.29) is 6.04 Å². The Bertz CT molecular complexity index is 422. The Morgan fingerprint density at radius 1 is 1.45 bits per heavy atom. The Labute approximate surface area is 121 Å². The van der Waals surface area contributed by atoms with E-state index in [2.05, 4.69) is 30.1 Å². The SMILES string of the molecule is CC1(C)C2CC=C(CN3CCC(NC(=O)O)CC3)C1C2. The highest BCUT2D eigenvalue weighted by Gasteiger charge is 2.51. The quantitative estimate of drug-likeness (QED) is 0.780. The van der Waals surface area contributed by atoms with Gasteiger partial charge in [0, 0.05) is 25.7 Å². The Morgan fingerprint density at radius 2 is 2.15 bits per heavy atom. The predicted molar refractivity (Wildman–Crippen MR) is 78.7 cm³/mol. The topological polar surface area (TPSA) is 52.6 Å². The number of rotatable bonds is 3. The van der Waals surface area contributed by atoms with E-state index in [0.717, 1.165) is 44.3 Å².